The summed E-state index contributed by atoms with van der Waals surface area (Å²) in [5, 5.41) is 12.4. The fourth-order valence-corrected chi connectivity index (χ4v) is 1.68. The highest BCUT2D eigenvalue weighted by atomic mass is 16.4. The Balaban J connectivity index is 2.29. The average Bonchev–Trinajstić information content (AvgIpc) is 2.39. The second-order valence-corrected chi connectivity index (χ2v) is 4.08. The summed E-state index contributed by atoms with van der Waals surface area (Å²) in [5.74, 6) is 0. The predicted molar refractivity (Wildman–Crippen MR) is 70.2 cm³/mol. The lowest BCUT2D eigenvalue weighted by atomic mass is 10.1. The third-order valence-corrected chi connectivity index (χ3v) is 2.72. The molecule has 1 heterocycles. The van der Waals surface area contributed by atoms with Gasteiger partial charge in [-0.15, -0.1) is 0 Å². The second-order valence-electron chi connectivity index (χ2n) is 4.08. The van der Waals surface area contributed by atoms with E-state index in [2.05, 4.69) is 5.16 Å². The molecule has 0 aliphatic rings. The molecule has 0 bridgehead atoms. The maximum absolute atomic E-state index is 11.6. The maximum atomic E-state index is 11.6. The zero-order chi connectivity index (χ0) is 13.0. The summed E-state index contributed by atoms with van der Waals surface area (Å²) in [6.45, 7) is 2.24. The molecule has 4 heteroatoms. The number of pyridine rings is 1. The van der Waals surface area contributed by atoms with Gasteiger partial charge in [0, 0.05) is 17.8 Å². The minimum atomic E-state index is -0.120. The van der Waals surface area contributed by atoms with E-state index in [4.69, 9.17) is 5.21 Å². The number of aryl methyl sites for hydroxylation is 1. The van der Waals surface area contributed by atoms with Crippen LogP contribution in [-0.4, -0.2) is 15.5 Å². The number of rotatable bonds is 3. The Bertz CT molecular complexity index is 612. The molecule has 0 saturated carbocycles. The lowest BCUT2D eigenvalue weighted by Gasteiger charge is -2.07. The van der Waals surface area contributed by atoms with Gasteiger partial charge in [-0.2, -0.15) is 0 Å². The summed E-state index contributed by atoms with van der Waals surface area (Å²) in [6, 6.07) is 12.6. The van der Waals surface area contributed by atoms with Crippen molar-refractivity contribution >= 4 is 5.71 Å². The molecule has 1 aromatic carbocycles. The van der Waals surface area contributed by atoms with Crippen LogP contribution in [0.5, 0.6) is 0 Å². The molecule has 2 rings (SSSR count). The third kappa shape index (κ3) is 2.66. The van der Waals surface area contributed by atoms with Crippen LogP contribution < -0.4 is 5.56 Å². The fraction of sp³-hybridized carbons (Fsp3) is 0.143. The predicted octanol–water partition coefficient (Wildman–Crippen LogP) is 2.04. The molecule has 0 unspecified atom stereocenters. The molecule has 0 saturated heterocycles. The van der Waals surface area contributed by atoms with Crippen LogP contribution in [0.4, 0.5) is 0 Å². The van der Waals surface area contributed by atoms with Crippen molar-refractivity contribution in [2.45, 2.75) is 13.5 Å². The first-order valence-corrected chi connectivity index (χ1v) is 5.64. The largest absolute Gasteiger partial charge is 0.411 e. The maximum Gasteiger partial charge on any atom is 0.250 e. The smallest absolute Gasteiger partial charge is 0.250 e. The normalized spacial score (nSPS) is 11.5. The van der Waals surface area contributed by atoms with E-state index in [1.807, 2.05) is 31.2 Å². The third-order valence-electron chi connectivity index (χ3n) is 2.72. The van der Waals surface area contributed by atoms with Crippen molar-refractivity contribution in [2.24, 2.45) is 5.16 Å². The van der Waals surface area contributed by atoms with Gasteiger partial charge in [-0.05, 0) is 13.0 Å². The van der Waals surface area contributed by atoms with Crippen molar-refractivity contribution in [3.63, 3.8) is 0 Å². The summed E-state index contributed by atoms with van der Waals surface area (Å²) < 4.78 is 1.49. The summed E-state index contributed by atoms with van der Waals surface area (Å²) >= 11 is 0. The highest BCUT2D eigenvalue weighted by molar-refractivity contribution is 6.00. The van der Waals surface area contributed by atoms with Gasteiger partial charge >= 0.3 is 0 Å². The average molecular weight is 242 g/mol. The number of aromatic nitrogens is 1. The summed E-state index contributed by atoms with van der Waals surface area (Å²) in [6.07, 6.45) is 1.67. The van der Waals surface area contributed by atoms with Gasteiger partial charge in [-0.25, -0.2) is 0 Å². The first kappa shape index (κ1) is 12.1. The topological polar surface area (TPSA) is 54.6 Å². The monoisotopic (exact) mass is 242 g/mol. The van der Waals surface area contributed by atoms with Crippen LogP contribution in [0.1, 0.15) is 11.1 Å². The van der Waals surface area contributed by atoms with Gasteiger partial charge in [0.05, 0.1) is 6.54 Å². The molecule has 4 nitrogen and oxygen atoms in total. The van der Waals surface area contributed by atoms with Crippen molar-refractivity contribution in [1.82, 2.24) is 4.57 Å². The van der Waals surface area contributed by atoms with E-state index in [0.29, 0.717) is 5.71 Å². The highest BCUT2D eigenvalue weighted by Crippen LogP contribution is 2.06. The Morgan fingerprint density at radius 1 is 1.22 bits per heavy atom. The Kier molecular flexibility index (Phi) is 3.57. The minimum absolute atomic E-state index is 0.120. The van der Waals surface area contributed by atoms with Crippen molar-refractivity contribution in [2.75, 3.05) is 0 Å². The minimum Gasteiger partial charge on any atom is -0.411 e. The second kappa shape index (κ2) is 5.31. The van der Waals surface area contributed by atoms with E-state index >= 15 is 0 Å². The Morgan fingerprint density at radius 2 is 1.94 bits per heavy atom. The van der Waals surface area contributed by atoms with Crippen LogP contribution >= 0.6 is 0 Å². The van der Waals surface area contributed by atoms with E-state index < -0.39 is 0 Å². The van der Waals surface area contributed by atoms with Gasteiger partial charge in [0.25, 0.3) is 5.56 Å². The van der Waals surface area contributed by atoms with Gasteiger partial charge in [0.15, 0.2) is 0 Å². The van der Waals surface area contributed by atoms with Crippen LogP contribution in [0.2, 0.25) is 0 Å². The molecule has 0 aliphatic carbocycles. The lowest BCUT2D eigenvalue weighted by Crippen LogP contribution is -2.23. The zero-order valence-electron chi connectivity index (χ0n) is 10.1. The van der Waals surface area contributed by atoms with Gasteiger partial charge in [0.2, 0.25) is 0 Å². The summed E-state index contributed by atoms with van der Waals surface area (Å²) in [5.41, 5.74) is 2.28. The molecule has 18 heavy (non-hydrogen) atoms. The van der Waals surface area contributed by atoms with Crippen molar-refractivity contribution in [3.8, 4) is 0 Å². The Morgan fingerprint density at radius 3 is 2.56 bits per heavy atom. The molecule has 0 atom stereocenters. The fourth-order valence-electron chi connectivity index (χ4n) is 1.68. The molecule has 1 N–H and O–H groups in total. The Labute approximate surface area is 105 Å². The summed E-state index contributed by atoms with van der Waals surface area (Å²) in [7, 11) is 0. The number of benzene rings is 1. The standard InChI is InChI=1S/C14H14N2O2/c1-11-5-7-12(8-6-11)13(15-18)10-16-9-3-2-4-14(16)17/h2-9,18H,10H2,1H3/b15-13-. The van der Waals surface area contributed by atoms with Gasteiger partial charge in [0.1, 0.15) is 5.71 Å². The van der Waals surface area contributed by atoms with Gasteiger partial charge in [-0.3, -0.25) is 4.79 Å². The summed E-state index contributed by atoms with van der Waals surface area (Å²) in [4.78, 5) is 11.6. The van der Waals surface area contributed by atoms with E-state index in [0.717, 1.165) is 11.1 Å². The number of oxime groups is 1. The van der Waals surface area contributed by atoms with E-state index in [-0.39, 0.29) is 12.1 Å². The molecule has 0 fully saturated rings. The first-order chi connectivity index (χ1) is 8.70. The quantitative estimate of drug-likeness (QED) is 0.508. The molecule has 0 amide bonds. The van der Waals surface area contributed by atoms with Crippen LogP contribution in [0.25, 0.3) is 0 Å². The Hall–Kier alpha value is -2.36. The molecule has 0 radical (unpaired) electrons. The van der Waals surface area contributed by atoms with Crippen LogP contribution in [0.3, 0.4) is 0 Å². The van der Waals surface area contributed by atoms with Gasteiger partial charge < -0.3 is 9.77 Å². The first-order valence-electron chi connectivity index (χ1n) is 5.64. The molecular weight excluding hydrogens is 228 g/mol. The van der Waals surface area contributed by atoms with Crippen LogP contribution in [-0.2, 0) is 6.54 Å². The van der Waals surface area contributed by atoms with Crippen LogP contribution in [0, 0.1) is 6.92 Å². The molecule has 92 valence electrons. The van der Waals surface area contributed by atoms with Crippen molar-refractivity contribution in [1.29, 1.82) is 0 Å². The number of nitrogens with zero attached hydrogens (tertiary/aromatic N) is 2. The van der Waals surface area contributed by atoms with Crippen LogP contribution in [0.15, 0.2) is 58.6 Å². The molecule has 0 aliphatic heterocycles. The van der Waals surface area contributed by atoms with Crippen molar-refractivity contribution < 1.29 is 5.21 Å². The molecular formula is C14H14N2O2. The van der Waals surface area contributed by atoms with Gasteiger partial charge in [-0.1, -0.05) is 41.1 Å². The SMILES string of the molecule is Cc1ccc(/C(Cn2ccccc2=O)=N\O)cc1. The highest BCUT2D eigenvalue weighted by Gasteiger charge is 2.06. The van der Waals surface area contributed by atoms with E-state index in [1.54, 1.807) is 18.3 Å². The lowest BCUT2D eigenvalue weighted by molar-refractivity contribution is 0.317. The molecule has 1 aromatic heterocycles. The van der Waals surface area contributed by atoms with E-state index in [9.17, 15) is 4.79 Å². The number of hydrogen-bond donors (Lipinski definition) is 1. The van der Waals surface area contributed by atoms with Crippen molar-refractivity contribution in [3.05, 3.63) is 70.1 Å². The molecule has 0 spiro atoms. The van der Waals surface area contributed by atoms with E-state index in [1.165, 1.54) is 10.6 Å². The number of hydrogen-bond acceptors (Lipinski definition) is 3. The molecule has 2 aromatic rings. The zero-order valence-corrected chi connectivity index (χ0v) is 10.1.